The third-order valence-corrected chi connectivity index (χ3v) is 2.47. The average Bonchev–Trinajstić information content (AvgIpc) is 2.49. The van der Waals surface area contributed by atoms with Gasteiger partial charge in [0.25, 0.3) is 0 Å². The lowest BCUT2D eigenvalue weighted by Gasteiger charge is -2.22. The fraction of sp³-hybridized carbons (Fsp3) is 0.364. The largest absolute Gasteiger partial charge is 0.362 e. The predicted molar refractivity (Wildman–Crippen MR) is 49.4 cm³/mol. The number of hydrogen-bond acceptors (Lipinski definition) is 2. The summed E-state index contributed by atoms with van der Waals surface area (Å²) in [6.45, 7) is 2.22. The molecule has 1 heterocycles. The van der Waals surface area contributed by atoms with Crippen molar-refractivity contribution in [2.45, 2.75) is 18.9 Å². The lowest BCUT2D eigenvalue weighted by Crippen LogP contribution is -2.19. The van der Waals surface area contributed by atoms with Crippen LogP contribution < -0.4 is 0 Å². The maximum absolute atomic E-state index is 11.1. The molecule has 1 aliphatic heterocycles. The van der Waals surface area contributed by atoms with Gasteiger partial charge in [-0.3, -0.25) is 4.79 Å². The summed E-state index contributed by atoms with van der Waals surface area (Å²) >= 11 is 0. The van der Waals surface area contributed by atoms with E-state index in [-0.39, 0.29) is 12.4 Å². The standard InChI is InChI=1S/C11H12O2/c1-11(7-10(12)8-13-11)9-5-3-2-4-6-9/h2-6H,7-8H2,1H3. The van der Waals surface area contributed by atoms with Crippen LogP contribution >= 0.6 is 0 Å². The van der Waals surface area contributed by atoms with Crippen LogP contribution in [-0.4, -0.2) is 12.4 Å². The molecule has 0 radical (unpaired) electrons. The molecule has 2 rings (SSSR count). The molecule has 2 nitrogen and oxygen atoms in total. The first kappa shape index (κ1) is 8.45. The minimum Gasteiger partial charge on any atom is -0.362 e. The fourth-order valence-corrected chi connectivity index (χ4v) is 1.69. The van der Waals surface area contributed by atoms with Crippen molar-refractivity contribution >= 4 is 5.78 Å². The Morgan fingerprint density at radius 1 is 1.31 bits per heavy atom. The lowest BCUT2D eigenvalue weighted by molar-refractivity contribution is -0.117. The van der Waals surface area contributed by atoms with Gasteiger partial charge in [0, 0.05) is 6.42 Å². The molecule has 0 spiro atoms. The summed E-state index contributed by atoms with van der Waals surface area (Å²) in [6, 6.07) is 9.89. The highest BCUT2D eigenvalue weighted by Gasteiger charge is 2.36. The monoisotopic (exact) mass is 176 g/mol. The van der Waals surface area contributed by atoms with Gasteiger partial charge in [-0.25, -0.2) is 0 Å². The Kier molecular flexibility index (Phi) is 1.93. The number of rotatable bonds is 1. The van der Waals surface area contributed by atoms with Crippen LogP contribution in [0, 0.1) is 0 Å². The highest BCUT2D eigenvalue weighted by molar-refractivity contribution is 5.82. The summed E-state index contributed by atoms with van der Waals surface area (Å²) in [5, 5.41) is 0. The smallest absolute Gasteiger partial charge is 0.161 e. The van der Waals surface area contributed by atoms with Crippen LogP contribution in [0.15, 0.2) is 30.3 Å². The second-order valence-corrected chi connectivity index (χ2v) is 3.60. The van der Waals surface area contributed by atoms with Crippen molar-refractivity contribution in [3.63, 3.8) is 0 Å². The summed E-state index contributed by atoms with van der Waals surface area (Å²) in [5.74, 6) is 0.186. The van der Waals surface area contributed by atoms with E-state index in [1.165, 1.54) is 0 Å². The van der Waals surface area contributed by atoms with Crippen molar-refractivity contribution in [2.24, 2.45) is 0 Å². The van der Waals surface area contributed by atoms with Crippen molar-refractivity contribution in [3.8, 4) is 0 Å². The van der Waals surface area contributed by atoms with E-state index in [0.29, 0.717) is 6.42 Å². The van der Waals surface area contributed by atoms with Crippen LogP contribution in [0.3, 0.4) is 0 Å². The Morgan fingerprint density at radius 3 is 2.54 bits per heavy atom. The molecule has 1 unspecified atom stereocenters. The lowest BCUT2D eigenvalue weighted by atomic mass is 9.93. The zero-order chi connectivity index (χ0) is 9.31. The summed E-state index contributed by atoms with van der Waals surface area (Å²) in [4.78, 5) is 11.1. The van der Waals surface area contributed by atoms with Crippen molar-refractivity contribution < 1.29 is 9.53 Å². The Balaban J connectivity index is 2.31. The number of carbonyl (C=O) groups is 1. The molecule has 1 saturated heterocycles. The summed E-state index contributed by atoms with van der Waals surface area (Å²) < 4.78 is 5.49. The number of carbonyl (C=O) groups excluding carboxylic acids is 1. The normalized spacial score (nSPS) is 27.9. The SMILES string of the molecule is CC1(c2ccccc2)CC(=O)CO1. The molecule has 1 aliphatic rings. The Bertz CT molecular complexity index is 318. The molecule has 1 aromatic carbocycles. The predicted octanol–water partition coefficient (Wildman–Crippen LogP) is 1.89. The fourth-order valence-electron chi connectivity index (χ4n) is 1.69. The van der Waals surface area contributed by atoms with Gasteiger partial charge in [0.15, 0.2) is 5.78 Å². The van der Waals surface area contributed by atoms with Crippen LogP contribution in [0.5, 0.6) is 0 Å². The summed E-state index contributed by atoms with van der Waals surface area (Å²) in [7, 11) is 0. The van der Waals surface area contributed by atoms with Crippen molar-refractivity contribution in [3.05, 3.63) is 35.9 Å². The molecule has 0 amide bonds. The van der Waals surface area contributed by atoms with Crippen molar-refractivity contribution in [1.82, 2.24) is 0 Å². The van der Waals surface area contributed by atoms with E-state index in [0.717, 1.165) is 5.56 Å². The van der Waals surface area contributed by atoms with E-state index in [2.05, 4.69) is 0 Å². The molecule has 1 atom stereocenters. The minimum atomic E-state index is -0.391. The molecular formula is C11H12O2. The van der Waals surface area contributed by atoms with Crippen molar-refractivity contribution in [1.29, 1.82) is 0 Å². The molecule has 68 valence electrons. The minimum absolute atomic E-state index is 0.186. The molecule has 13 heavy (non-hydrogen) atoms. The van der Waals surface area contributed by atoms with Crippen LogP contribution in [0.4, 0.5) is 0 Å². The van der Waals surface area contributed by atoms with Gasteiger partial charge in [-0.05, 0) is 12.5 Å². The Labute approximate surface area is 77.5 Å². The second-order valence-electron chi connectivity index (χ2n) is 3.60. The van der Waals surface area contributed by atoms with Crippen LogP contribution in [0.1, 0.15) is 18.9 Å². The highest BCUT2D eigenvalue weighted by atomic mass is 16.5. The first-order valence-electron chi connectivity index (χ1n) is 4.42. The summed E-state index contributed by atoms with van der Waals surface area (Å²) in [5.41, 5.74) is 0.694. The van der Waals surface area contributed by atoms with Gasteiger partial charge in [-0.2, -0.15) is 0 Å². The molecule has 0 saturated carbocycles. The first-order chi connectivity index (χ1) is 6.21. The van der Waals surface area contributed by atoms with Gasteiger partial charge in [-0.1, -0.05) is 30.3 Å². The van der Waals surface area contributed by atoms with E-state index in [1.54, 1.807) is 0 Å². The topological polar surface area (TPSA) is 26.3 Å². The zero-order valence-electron chi connectivity index (χ0n) is 7.62. The van der Waals surface area contributed by atoms with E-state index in [4.69, 9.17) is 4.74 Å². The molecule has 0 aliphatic carbocycles. The van der Waals surface area contributed by atoms with Gasteiger partial charge in [0.05, 0.1) is 5.60 Å². The van der Waals surface area contributed by atoms with E-state index >= 15 is 0 Å². The third kappa shape index (κ3) is 1.49. The molecule has 0 bridgehead atoms. The number of ether oxygens (including phenoxy) is 1. The van der Waals surface area contributed by atoms with E-state index in [9.17, 15) is 4.79 Å². The van der Waals surface area contributed by atoms with Gasteiger partial charge >= 0.3 is 0 Å². The highest BCUT2D eigenvalue weighted by Crippen LogP contribution is 2.33. The molecule has 1 fully saturated rings. The summed E-state index contributed by atoms with van der Waals surface area (Å²) in [6.07, 6.45) is 0.497. The van der Waals surface area contributed by atoms with Gasteiger partial charge < -0.3 is 4.74 Å². The van der Waals surface area contributed by atoms with Gasteiger partial charge in [0.2, 0.25) is 0 Å². The van der Waals surface area contributed by atoms with Crippen LogP contribution in [-0.2, 0) is 15.1 Å². The number of hydrogen-bond donors (Lipinski definition) is 0. The maximum Gasteiger partial charge on any atom is 0.161 e. The van der Waals surface area contributed by atoms with E-state index < -0.39 is 5.60 Å². The zero-order valence-corrected chi connectivity index (χ0v) is 7.62. The van der Waals surface area contributed by atoms with Gasteiger partial charge in [-0.15, -0.1) is 0 Å². The molecule has 1 aromatic rings. The molecular weight excluding hydrogens is 164 g/mol. The Hall–Kier alpha value is -1.15. The second kappa shape index (κ2) is 2.96. The molecule has 2 heteroatoms. The quantitative estimate of drug-likeness (QED) is 0.653. The van der Waals surface area contributed by atoms with Crippen LogP contribution in [0.25, 0.3) is 0 Å². The number of ketones is 1. The molecule has 0 N–H and O–H groups in total. The number of Topliss-reactive ketones (excluding diaryl/α,β-unsaturated/α-hetero) is 1. The average molecular weight is 176 g/mol. The van der Waals surface area contributed by atoms with Crippen molar-refractivity contribution in [2.75, 3.05) is 6.61 Å². The first-order valence-corrected chi connectivity index (χ1v) is 4.42. The van der Waals surface area contributed by atoms with E-state index in [1.807, 2.05) is 37.3 Å². The maximum atomic E-state index is 11.1. The Morgan fingerprint density at radius 2 is 2.00 bits per heavy atom. The third-order valence-electron chi connectivity index (χ3n) is 2.47. The number of benzene rings is 1. The van der Waals surface area contributed by atoms with Crippen LogP contribution in [0.2, 0.25) is 0 Å². The molecule has 0 aromatic heterocycles. The van der Waals surface area contributed by atoms with Gasteiger partial charge in [0.1, 0.15) is 6.61 Å².